The maximum atomic E-state index is 10.8. The van der Waals surface area contributed by atoms with E-state index in [2.05, 4.69) is 9.97 Å². The molecular weight excluding hydrogens is 210 g/mol. The molecule has 0 unspecified atom stereocenters. The molecule has 2 rings (SSSR count). The third kappa shape index (κ3) is 1.69. The quantitative estimate of drug-likeness (QED) is 0.634. The average Bonchev–Trinajstić information content (AvgIpc) is 2.73. The topological polar surface area (TPSA) is 81.1 Å². The molecule has 1 N–H and O–H groups in total. The largest absolute Gasteiger partial charge is 0.486 e. The number of nitrogens with one attached hydrogen (secondary N) is 1. The van der Waals surface area contributed by atoms with Gasteiger partial charge in [-0.3, -0.25) is 10.1 Å². The zero-order chi connectivity index (χ0) is 11.5. The second-order valence-electron chi connectivity index (χ2n) is 3.32. The van der Waals surface area contributed by atoms with E-state index >= 15 is 0 Å². The lowest BCUT2D eigenvalue weighted by Crippen LogP contribution is -2.00. The first kappa shape index (κ1) is 10.4. The molecule has 2 aromatic rings. The number of nitrogens with zero attached hydrogens (tertiary/aromatic N) is 2. The first-order valence-corrected chi connectivity index (χ1v) is 4.97. The van der Waals surface area contributed by atoms with Crippen LogP contribution in [-0.4, -0.2) is 21.5 Å². The molecule has 6 heteroatoms. The van der Waals surface area contributed by atoms with Gasteiger partial charge < -0.3 is 9.72 Å². The van der Waals surface area contributed by atoms with Crippen molar-refractivity contribution in [1.29, 1.82) is 0 Å². The molecule has 2 aromatic heterocycles. The number of pyridine rings is 1. The molecule has 0 aliphatic carbocycles. The Morgan fingerprint density at radius 1 is 1.62 bits per heavy atom. The highest BCUT2D eigenvalue weighted by Gasteiger charge is 2.19. The van der Waals surface area contributed by atoms with E-state index in [1.807, 2.05) is 6.92 Å². The fourth-order valence-corrected chi connectivity index (χ4v) is 1.46. The first-order chi connectivity index (χ1) is 7.74. The summed E-state index contributed by atoms with van der Waals surface area (Å²) in [5, 5.41) is 11.5. The van der Waals surface area contributed by atoms with Crippen LogP contribution in [0.25, 0.3) is 11.0 Å². The van der Waals surface area contributed by atoms with Gasteiger partial charge in [-0.1, -0.05) is 6.92 Å². The Bertz CT molecular complexity index is 521. The van der Waals surface area contributed by atoms with Crippen LogP contribution < -0.4 is 4.74 Å². The molecule has 2 heterocycles. The summed E-state index contributed by atoms with van der Waals surface area (Å²) in [5.74, 6) is 0.290. The summed E-state index contributed by atoms with van der Waals surface area (Å²) in [7, 11) is 0. The number of fused-ring (bicyclic) bond motifs is 1. The summed E-state index contributed by atoms with van der Waals surface area (Å²) < 4.78 is 5.42. The normalized spacial score (nSPS) is 10.6. The Kier molecular flexibility index (Phi) is 2.72. The van der Waals surface area contributed by atoms with Crippen molar-refractivity contribution in [2.24, 2.45) is 0 Å². The average molecular weight is 221 g/mol. The zero-order valence-corrected chi connectivity index (χ0v) is 8.77. The molecule has 0 spiro atoms. The summed E-state index contributed by atoms with van der Waals surface area (Å²) in [6.45, 7) is 2.40. The number of rotatable bonds is 4. The highest BCUT2D eigenvalue weighted by atomic mass is 16.6. The summed E-state index contributed by atoms with van der Waals surface area (Å²) in [4.78, 5) is 17.2. The fourth-order valence-electron chi connectivity index (χ4n) is 1.46. The number of aromatic amines is 1. The Labute approximate surface area is 91.4 Å². The molecule has 0 saturated carbocycles. The number of ether oxygens (including phenoxy) is 1. The summed E-state index contributed by atoms with van der Waals surface area (Å²) in [6, 6.07) is 1.72. The minimum absolute atomic E-state index is 0.0967. The number of aromatic nitrogens is 2. The molecule has 0 bridgehead atoms. The van der Waals surface area contributed by atoms with E-state index in [0.717, 1.165) is 6.42 Å². The number of hydrogen-bond donors (Lipinski definition) is 1. The third-order valence-corrected chi connectivity index (χ3v) is 2.17. The van der Waals surface area contributed by atoms with Gasteiger partial charge in [0.1, 0.15) is 11.8 Å². The number of H-pyrrole nitrogens is 1. The van der Waals surface area contributed by atoms with Gasteiger partial charge in [-0.25, -0.2) is 4.98 Å². The van der Waals surface area contributed by atoms with Gasteiger partial charge in [0.05, 0.1) is 16.9 Å². The highest BCUT2D eigenvalue weighted by Crippen LogP contribution is 2.33. The second-order valence-corrected chi connectivity index (χ2v) is 3.32. The van der Waals surface area contributed by atoms with Crippen molar-refractivity contribution in [2.45, 2.75) is 13.3 Å². The Hall–Kier alpha value is -2.11. The second kappa shape index (κ2) is 4.18. The smallest absolute Gasteiger partial charge is 0.329 e. The van der Waals surface area contributed by atoms with Crippen molar-refractivity contribution in [1.82, 2.24) is 9.97 Å². The minimum atomic E-state index is -0.482. The van der Waals surface area contributed by atoms with Gasteiger partial charge in [0.15, 0.2) is 0 Å². The van der Waals surface area contributed by atoms with Crippen LogP contribution in [0.3, 0.4) is 0 Å². The molecule has 0 amide bonds. The Morgan fingerprint density at radius 3 is 3.12 bits per heavy atom. The van der Waals surface area contributed by atoms with E-state index in [1.54, 1.807) is 12.3 Å². The molecule has 84 valence electrons. The SMILES string of the molecule is CCCOc1c([N+](=O)[O-])cnc2[nH]ccc12. The molecule has 0 fully saturated rings. The lowest BCUT2D eigenvalue weighted by atomic mass is 10.3. The lowest BCUT2D eigenvalue weighted by Gasteiger charge is -2.05. The monoisotopic (exact) mass is 221 g/mol. The van der Waals surface area contributed by atoms with Crippen LogP contribution in [0, 0.1) is 10.1 Å². The molecular formula is C10H11N3O3. The van der Waals surface area contributed by atoms with Crippen molar-refractivity contribution in [3.05, 3.63) is 28.6 Å². The zero-order valence-electron chi connectivity index (χ0n) is 8.77. The standard InChI is InChI=1S/C10H11N3O3/c1-2-5-16-9-7-3-4-11-10(7)12-6-8(9)13(14)15/h3-4,6H,2,5H2,1H3,(H,11,12). The van der Waals surface area contributed by atoms with Gasteiger partial charge in [0, 0.05) is 6.20 Å². The number of hydrogen-bond acceptors (Lipinski definition) is 4. The fraction of sp³-hybridized carbons (Fsp3) is 0.300. The van der Waals surface area contributed by atoms with Crippen LogP contribution >= 0.6 is 0 Å². The maximum Gasteiger partial charge on any atom is 0.329 e. The molecule has 0 saturated heterocycles. The molecule has 0 aliphatic rings. The summed E-state index contributed by atoms with van der Waals surface area (Å²) in [5.41, 5.74) is 0.497. The van der Waals surface area contributed by atoms with E-state index < -0.39 is 4.92 Å². The summed E-state index contributed by atoms with van der Waals surface area (Å²) >= 11 is 0. The molecule has 0 aliphatic heterocycles. The van der Waals surface area contributed by atoms with Crippen molar-refractivity contribution in [3.8, 4) is 5.75 Å². The van der Waals surface area contributed by atoms with Crippen LogP contribution in [0.2, 0.25) is 0 Å². The van der Waals surface area contributed by atoms with Crippen molar-refractivity contribution in [3.63, 3.8) is 0 Å². The van der Waals surface area contributed by atoms with Gasteiger partial charge >= 0.3 is 5.69 Å². The predicted molar refractivity (Wildman–Crippen MR) is 58.5 cm³/mol. The molecule has 6 nitrogen and oxygen atoms in total. The Balaban J connectivity index is 2.56. The van der Waals surface area contributed by atoms with Crippen molar-refractivity contribution in [2.75, 3.05) is 6.61 Å². The molecule has 16 heavy (non-hydrogen) atoms. The van der Waals surface area contributed by atoms with Gasteiger partial charge in [-0.2, -0.15) is 0 Å². The van der Waals surface area contributed by atoms with E-state index in [4.69, 9.17) is 4.74 Å². The van der Waals surface area contributed by atoms with Crippen LogP contribution in [0.5, 0.6) is 5.75 Å². The molecule has 0 atom stereocenters. The third-order valence-electron chi connectivity index (χ3n) is 2.17. The summed E-state index contributed by atoms with van der Waals surface area (Å²) in [6.07, 6.45) is 3.69. The van der Waals surface area contributed by atoms with Crippen LogP contribution in [0.4, 0.5) is 5.69 Å². The van der Waals surface area contributed by atoms with Gasteiger partial charge in [-0.05, 0) is 12.5 Å². The molecule has 0 aromatic carbocycles. The Morgan fingerprint density at radius 2 is 2.44 bits per heavy atom. The highest BCUT2D eigenvalue weighted by molar-refractivity contribution is 5.86. The minimum Gasteiger partial charge on any atom is -0.486 e. The van der Waals surface area contributed by atoms with E-state index in [1.165, 1.54) is 6.20 Å². The molecule has 0 radical (unpaired) electrons. The predicted octanol–water partition coefficient (Wildman–Crippen LogP) is 2.26. The van der Waals surface area contributed by atoms with Gasteiger partial charge in [0.2, 0.25) is 5.75 Å². The van der Waals surface area contributed by atoms with E-state index in [9.17, 15) is 10.1 Å². The van der Waals surface area contributed by atoms with Crippen LogP contribution in [-0.2, 0) is 0 Å². The first-order valence-electron chi connectivity index (χ1n) is 4.97. The number of nitro groups is 1. The van der Waals surface area contributed by atoms with Gasteiger partial charge in [0.25, 0.3) is 0 Å². The van der Waals surface area contributed by atoms with Crippen LogP contribution in [0.1, 0.15) is 13.3 Å². The lowest BCUT2D eigenvalue weighted by molar-refractivity contribution is -0.386. The van der Waals surface area contributed by atoms with Gasteiger partial charge in [-0.15, -0.1) is 0 Å². The maximum absolute atomic E-state index is 10.8. The van der Waals surface area contributed by atoms with Crippen LogP contribution in [0.15, 0.2) is 18.5 Å². The van der Waals surface area contributed by atoms with Crippen molar-refractivity contribution >= 4 is 16.7 Å². The van der Waals surface area contributed by atoms with E-state index in [0.29, 0.717) is 17.6 Å². The van der Waals surface area contributed by atoms with E-state index in [-0.39, 0.29) is 11.4 Å². The van der Waals surface area contributed by atoms with Crippen molar-refractivity contribution < 1.29 is 9.66 Å².